The Morgan fingerprint density at radius 1 is 1.10 bits per heavy atom. The van der Waals surface area contributed by atoms with Crippen molar-refractivity contribution in [1.82, 2.24) is 0 Å². The average Bonchev–Trinajstić information content (AvgIpc) is 2.48. The summed E-state index contributed by atoms with van der Waals surface area (Å²) in [6.07, 6.45) is 0. The minimum atomic E-state index is 0.632. The molecule has 0 aliphatic carbocycles. The van der Waals surface area contributed by atoms with Gasteiger partial charge in [0.2, 0.25) is 0 Å². The Morgan fingerprint density at radius 3 is 2.70 bits per heavy atom. The zero-order valence-electron chi connectivity index (χ0n) is 12.8. The molecule has 0 spiro atoms. The van der Waals surface area contributed by atoms with Crippen LogP contribution in [0.25, 0.3) is 0 Å². The van der Waals surface area contributed by atoms with Crippen molar-refractivity contribution in [3.05, 3.63) is 29.3 Å². The second-order valence-electron chi connectivity index (χ2n) is 5.52. The first-order chi connectivity index (χ1) is 9.77. The van der Waals surface area contributed by atoms with E-state index in [9.17, 15) is 0 Å². The van der Waals surface area contributed by atoms with E-state index >= 15 is 0 Å². The van der Waals surface area contributed by atoms with Crippen molar-refractivity contribution in [2.24, 2.45) is 0 Å². The van der Waals surface area contributed by atoms with E-state index in [1.807, 2.05) is 12.1 Å². The van der Waals surface area contributed by atoms with Gasteiger partial charge < -0.3 is 19.7 Å². The van der Waals surface area contributed by atoms with Crippen LogP contribution in [-0.2, 0) is 4.74 Å². The van der Waals surface area contributed by atoms with Gasteiger partial charge in [-0.2, -0.15) is 0 Å². The average molecular weight is 280 g/mol. The van der Waals surface area contributed by atoms with Gasteiger partial charge in [-0.05, 0) is 31.0 Å². The maximum absolute atomic E-state index is 5.77. The van der Waals surface area contributed by atoms with Crippen molar-refractivity contribution in [3.63, 3.8) is 0 Å². The van der Waals surface area contributed by atoms with Crippen LogP contribution in [0.5, 0.6) is 5.75 Å². The Hall–Kier alpha value is -1.10. The van der Waals surface area contributed by atoms with Crippen molar-refractivity contribution in [1.29, 1.82) is 0 Å². The molecule has 0 radical (unpaired) electrons. The molecular formula is C16H28N2O2+2. The largest absolute Gasteiger partial charge is 0.491 e. The number of hydrogen-bond acceptors (Lipinski definition) is 2. The van der Waals surface area contributed by atoms with Gasteiger partial charge in [-0.15, -0.1) is 0 Å². The first kappa shape index (κ1) is 15.3. The van der Waals surface area contributed by atoms with Gasteiger partial charge in [0.25, 0.3) is 0 Å². The van der Waals surface area contributed by atoms with Crippen LogP contribution in [-0.4, -0.2) is 52.5 Å². The van der Waals surface area contributed by atoms with Crippen LogP contribution >= 0.6 is 0 Å². The van der Waals surface area contributed by atoms with E-state index in [4.69, 9.17) is 9.47 Å². The Bertz CT molecular complexity index is 403. The van der Waals surface area contributed by atoms with E-state index in [1.54, 1.807) is 4.90 Å². The normalized spacial score (nSPS) is 16.3. The second-order valence-corrected chi connectivity index (χ2v) is 5.52. The Morgan fingerprint density at radius 2 is 1.90 bits per heavy atom. The fraction of sp³-hybridized carbons (Fsp3) is 0.625. The van der Waals surface area contributed by atoms with Crippen LogP contribution in [0.15, 0.2) is 18.2 Å². The van der Waals surface area contributed by atoms with E-state index in [2.05, 4.69) is 25.2 Å². The van der Waals surface area contributed by atoms with Crippen molar-refractivity contribution in [2.45, 2.75) is 13.8 Å². The smallest absolute Gasteiger partial charge is 0.127 e. The molecular weight excluding hydrogens is 252 g/mol. The molecule has 0 amide bonds. The summed E-state index contributed by atoms with van der Waals surface area (Å²) in [6, 6.07) is 6.17. The van der Waals surface area contributed by atoms with Crippen molar-refractivity contribution in [3.8, 4) is 5.75 Å². The molecule has 0 unspecified atom stereocenters. The molecule has 1 aliphatic rings. The summed E-state index contributed by atoms with van der Waals surface area (Å²) in [6.45, 7) is 12.5. The molecule has 1 aromatic carbocycles. The van der Waals surface area contributed by atoms with Crippen LogP contribution in [0.3, 0.4) is 0 Å². The maximum Gasteiger partial charge on any atom is 0.127 e. The van der Waals surface area contributed by atoms with E-state index in [0.717, 1.165) is 18.9 Å². The van der Waals surface area contributed by atoms with Gasteiger partial charge in [-0.25, -0.2) is 0 Å². The van der Waals surface area contributed by atoms with Crippen LogP contribution in [0.1, 0.15) is 11.1 Å². The van der Waals surface area contributed by atoms with Crippen molar-refractivity contribution in [2.75, 3.05) is 52.5 Å². The van der Waals surface area contributed by atoms with Gasteiger partial charge in [-0.3, -0.25) is 0 Å². The third-order valence-electron chi connectivity index (χ3n) is 4.04. The van der Waals surface area contributed by atoms with Crippen molar-refractivity contribution < 1.29 is 19.7 Å². The minimum absolute atomic E-state index is 0.632. The lowest BCUT2D eigenvalue weighted by molar-refractivity contribution is -0.947. The van der Waals surface area contributed by atoms with Crippen molar-refractivity contribution >= 4 is 0 Å². The van der Waals surface area contributed by atoms with E-state index in [1.165, 1.54) is 37.3 Å². The van der Waals surface area contributed by atoms with Gasteiger partial charge >= 0.3 is 0 Å². The molecule has 20 heavy (non-hydrogen) atoms. The molecule has 1 aromatic rings. The molecule has 0 atom stereocenters. The molecule has 3 N–H and O–H groups in total. The molecule has 4 nitrogen and oxygen atoms in total. The van der Waals surface area contributed by atoms with E-state index in [0.29, 0.717) is 13.2 Å². The molecule has 0 aromatic heterocycles. The molecule has 1 saturated heterocycles. The van der Waals surface area contributed by atoms with Crippen LogP contribution in [0, 0.1) is 13.8 Å². The fourth-order valence-corrected chi connectivity index (χ4v) is 2.54. The number of nitrogens with two attached hydrogens (primary N) is 1. The number of hydrogen-bond donors (Lipinski definition) is 2. The highest BCUT2D eigenvalue weighted by Gasteiger charge is 2.14. The number of benzene rings is 1. The number of aryl methyl sites for hydroxylation is 1. The highest BCUT2D eigenvalue weighted by atomic mass is 16.5. The van der Waals surface area contributed by atoms with Gasteiger partial charge in [0.05, 0.1) is 13.2 Å². The molecule has 0 bridgehead atoms. The lowest BCUT2D eigenvalue weighted by atomic mass is 10.1. The van der Waals surface area contributed by atoms with Gasteiger partial charge in [0.15, 0.2) is 0 Å². The van der Waals surface area contributed by atoms with Gasteiger partial charge in [0.1, 0.15) is 45.1 Å². The predicted molar refractivity (Wildman–Crippen MR) is 79.5 cm³/mol. The van der Waals surface area contributed by atoms with Crippen LogP contribution in [0.4, 0.5) is 0 Å². The molecule has 1 fully saturated rings. The number of piperazine rings is 1. The number of quaternary nitrogens is 2. The summed E-state index contributed by atoms with van der Waals surface area (Å²) in [7, 11) is 0. The Kier molecular flexibility index (Phi) is 6.30. The summed E-state index contributed by atoms with van der Waals surface area (Å²) in [4.78, 5) is 1.67. The third kappa shape index (κ3) is 4.78. The van der Waals surface area contributed by atoms with E-state index < -0.39 is 0 Å². The first-order valence-electron chi connectivity index (χ1n) is 7.69. The number of nitrogens with one attached hydrogen (secondary N) is 1. The SMILES string of the molecule is Cc1cccc(OCCOCC[NH+]2CC[NH2+]CC2)c1C. The van der Waals surface area contributed by atoms with Crippen LogP contribution < -0.4 is 15.0 Å². The summed E-state index contributed by atoms with van der Waals surface area (Å²) < 4.78 is 11.4. The molecule has 1 aliphatic heterocycles. The fourth-order valence-electron chi connectivity index (χ4n) is 2.54. The summed E-state index contributed by atoms with van der Waals surface area (Å²) >= 11 is 0. The Labute approximate surface area is 122 Å². The lowest BCUT2D eigenvalue weighted by Crippen LogP contribution is -3.20. The highest BCUT2D eigenvalue weighted by Crippen LogP contribution is 2.20. The zero-order chi connectivity index (χ0) is 14.2. The first-order valence-corrected chi connectivity index (χ1v) is 7.69. The molecule has 0 saturated carbocycles. The third-order valence-corrected chi connectivity index (χ3v) is 4.04. The summed E-state index contributed by atoms with van der Waals surface area (Å²) in [5.41, 5.74) is 2.50. The van der Waals surface area contributed by atoms with Gasteiger partial charge in [0, 0.05) is 0 Å². The molecule has 2 rings (SSSR count). The maximum atomic E-state index is 5.77. The summed E-state index contributed by atoms with van der Waals surface area (Å²) in [5.74, 6) is 0.978. The number of ether oxygens (including phenoxy) is 2. The predicted octanol–water partition coefficient (Wildman–Crippen LogP) is -0.839. The zero-order valence-corrected chi connectivity index (χ0v) is 12.8. The molecule has 112 valence electrons. The topological polar surface area (TPSA) is 39.5 Å². The standard InChI is InChI=1S/C16H26N2O2/c1-14-4-3-5-16(15(14)2)20-13-12-19-11-10-18-8-6-17-7-9-18/h3-5,17H,6-13H2,1-2H3/p+2. The summed E-state index contributed by atoms with van der Waals surface area (Å²) in [5, 5.41) is 2.39. The number of rotatable bonds is 7. The molecule has 1 heterocycles. The highest BCUT2D eigenvalue weighted by molar-refractivity contribution is 5.38. The lowest BCUT2D eigenvalue weighted by Gasteiger charge is -2.21. The quantitative estimate of drug-likeness (QED) is 0.640. The van der Waals surface area contributed by atoms with Crippen LogP contribution in [0.2, 0.25) is 0 Å². The van der Waals surface area contributed by atoms with E-state index in [-0.39, 0.29) is 0 Å². The monoisotopic (exact) mass is 280 g/mol. The minimum Gasteiger partial charge on any atom is -0.491 e. The second kappa shape index (κ2) is 8.25. The van der Waals surface area contributed by atoms with Gasteiger partial charge in [-0.1, -0.05) is 12.1 Å². The Balaban J connectivity index is 1.56. The molecule has 4 heteroatoms.